The van der Waals surface area contributed by atoms with Gasteiger partial charge in [0.1, 0.15) is 11.6 Å². The number of benzene rings is 2. The first-order valence-corrected chi connectivity index (χ1v) is 9.86. The molecular weight excluding hydrogens is 378 g/mol. The van der Waals surface area contributed by atoms with Crippen LogP contribution in [0.3, 0.4) is 0 Å². The molecule has 0 amide bonds. The molecule has 0 radical (unpaired) electrons. The van der Waals surface area contributed by atoms with Crippen LogP contribution < -0.4 is 9.64 Å². The van der Waals surface area contributed by atoms with Gasteiger partial charge in [0.05, 0.1) is 29.7 Å². The van der Waals surface area contributed by atoms with E-state index in [0.29, 0.717) is 11.4 Å². The zero-order chi connectivity index (χ0) is 22.2. The fourth-order valence-corrected chi connectivity index (χ4v) is 3.51. The number of nitrogens with zero attached hydrogens (tertiary/aromatic N) is 3. The van der Waals surface area contributed by atoms with Gasteiger partial charge in [-0.2, -0.15) is 5.10 Å². The van der Waals surface area contributed by atoms with Crippen LogP contribution in [0.5, 0.6) is 5.75 Å². The zero-order valence-electron chi connectivity index (χ0n) is 18.6. The zero-order valence-corrected chi connectivity index (χ0v) is 18.6. The first kappa shape index (κ1) is 21.4. The van der Waals surface area contributed by atoms with Crippen LogP contribution in [0, 0.1) is 13.8 Å². The average molecular weight is 408 g/mol. The first-order chi connectivity index (χ1) is 14.0. The summed E-state index contributed by atoms with van der Waals surface area (Å²) in [7, 11) is 3.39. The summed E-state index contributed by atoms with van der Waals surface area (Å²) < 4.78 is 7.14. The fraction of sp³-hybridized carbons (Fsp3) is 0.333. The summed E-state index contributed by atoms with van der Waals surface area (Å²) in [5.41, 5.74) is 4.70. The van der Waals surface area contributed by atoms with Crippen LogP contribution in [-0.2, 0) is 5.41 Å². The van der Waals surface area contributed by atoms with Gasteiger partial charge in [-0.1, -0.05) is 39.0 Å². The van der Waals surface area contributed by atoms with Gasteiger partial charge < -0.3 is 14.7 Å². The van der Waals surface area contributed by atoms with Crippen molar-refractivity contribution >= 4 is 17.5 Å². The molecule has 30 heavy (non-hydrogen) atoms. The Morgan fingerprint density at radius 3 is 2.27 bits per heavy atom. The number of aromatic nitrogens is 2. The molecule has 3 aromatic rings. The number of anilines is 2. The van der Waals surface area contributed by atoms with Gasteiger partial charge in [-0.05, 0) is 43.2 Å². The quantitative estimate of drug-likeness (QED) is 0.625. The monoisotopic (exact) mass is 407 g/mol. The van der Waals surface area contributed by atoms with Crippen molar-refractivity contribution in [1.82, 2.24) is 9.78 Å². The lowest BCUT2D eigenvalue weighted by molar-refractivity contribution is 0.0697. The maximum atomic E-state index is 11.9. The molecule has 1 heterocycles. The molecule has 1 N–H and O–H groups in total. The van der Waals surface area contributed by atoms with E-state index in [-0.39, 0.29) is 11.0 Å². The highest BCUT2D eigenvalue weighted by Crippen LogP contribution is 2.35. The maximum absolute atomic E-state index is 11.9. The molecule has 0 bridgehead atoms. The standard InChI is InChI=1S/C24H29N3O3/c1-15-9-8-10-16(2)22(15)27-21(14-20(25-27)24(3,4)5)26(6)19-12-11-17(30-7)13-18(19)23(28)29/h8-14H,1-7H3,(H,28,29). The number of carboxylic acids is 1. The number of aryl methyl sites for hydroxylation is 2. The second-order valence-electron chi connectivity index (χ2n) is 8.54. The number of hydrogen-bond donors (Lipinski definition) is 1. The van der Waals surface area contributed by atoms with Crippen molar-refractivity contribution in [3.63, 3.8) is 0 Å². The minimum Gasteiger partial charge on any atom is -0.497 e. The Balaban J connectivity index is 2.26. The lowest BCUT2D eigenvalue weighted by Crippen LogP contribution is -2.18. The van der Waals surface area contributed by atoms with E-state index in [1.165, 1.54) is 7.11 Å². The number of rotatable bonds is 5. The number of methoxy groups -OCH3 is 1. The molecule has 0 saturated heterocycles. The Morgan fingerprint density at radius 1 is 1.10 bits per heavy atom. The molecule has 0 aliphatic rings. The first-order valence-electron chi connectivity index (χ1n) is 9.86. The normalized spacial score (nSPS) is 11.4. The van der Waals surface area contributed by atoms with Gasteiger partial charge in [-0.15, -0.1) is 0 Å². The fourth-order valence-electron chi connectivity index (χ4n) is 3.51. The van der Waals surface area contributed by atoms with E-state index >= 15 is 0 Å². The van der Waals surface area contributed by atoms with E-state index in [1.807, 2.05) is 28.8 Å². The highest BCUT2D eigenvalue weighted by molar-refractivity contribution is 5.96. The second-order valence-corrected chi connectivity index (χ2v) is 8.54. The Hall–Kier alpha value is -3.28. The van der Waals surface area contributed by atoms with Gasteiger partial charge in [0, 0.05) is 18.5 Å². The number of hydrogen-bond acceptors (Lipinski definition) is 4. The van der Waals surface area contributed by atoms with Crippen LogP contribution in [-0.4, -0.2) is 35.0 Å². The molecule has 2 aromatic carbocycles. The molecule has 1 aromatic heterocycles. The SMILES string of the molecule is COc1ccc(N(C)c2cc(C(C)(C)C)nn2-c2c(C)cccc2C)c(C(=O)O)c1. The Bertz CT molecular complexity index is 1070. The van der Waals surface area contributed by atoms with E-state index in [9.17, 15) is 9.90 Å². The van der Waals surface area contributed by atoms with Crippen LogP contribution in [0.2, 0.25) is 0 Å². The predicted molar refractivity (Wildman–Crippen MR) is 120 cm³/mol. The summed E-state index contributed by atoms with van der Waals surface area (Å²) >= 11 is 0. The Morgan fingerprint density at radius 2 is 1.73 bits per heavy atom. The lowest BCUT2D eigenvalue weighted by atomic mass is 9.92. The van der Waals surface area contributed by atoms with Gasteiger partial charge in [0.25, 0.3) is 0 Å². The van der Waals surface area contributed by atoms with Crippen LogP contribution in [0.15, 0.2) is 42.5 Å². The summed E-state index contributed by atoms with van der Waals surface area (Å²) in [5, 5.41) is 14.7. The van der Waals surface area contributed by atoms with Gasteiger partial charge in [0.2, 0.25) is 0 Å². The largest absolute Gasteiger partial charge is 0.497 e. The number of ether oxygens (including phenoxy) is 1. The molecule has 0 unspecified atom stereocenters. The summed E-state index contributed by atoms with van der Waals surface area (Å²) in [6.07, 6.45) is 0. The van der Waals surface area contributed by atoms with E-state index < -0.39 is 5.97 Å². The molecule has 0 atom stereocenters. The van der Waals surface area contributed by atoms with Crippen LogP contribution in [0.4, 0.5) is 11.5 Å². The average Bonchev–Trinajstić information content (AvgIpc) is 3.12. The number of carbonyl (C=O) groups is 1. The van der Waals surface area contributed by atoms with Gasteiger partial charge in [-0.3, -0.25) is 0 Å². The van der Waals surface area contributed by atoms with Gasteiger partial charge in [0.15, 0.2) is 0 Å². The molecule has 6 heteroatoms. The summed E-state index contributed by atoms with van der Waals surface area (Å²) in [5.74, 6) is 0.290. The van der Waals surface area contributed by atoms with E-state index in [0.717, 1.165) is 28.3 Å². The van der Waals surface area contributed by atoms with Gasteiger partial charge >= 0.3 is 5.97 Å². The molecule has 0 fully saturated rings. The van der Waals surface area contributed by atoms with Crippen molar-refractivity contribution in [3.05, 3.63) is 64.8 Å². The Labute approximate surface area is 177 Å². The molecule has 6 nitrogen and oxygen atoms in total. The van der Waals surface area contributed by atoms with Crippen LogP contribution in [0.25, 0.3) is 5.69 Å². The third-order valence-corrected chi connectivity index (χ3v) is 5.25. The van der Waals surface area contributed by atoms with Crippen molar-refractivity contribution in [2.75, 3.05) is 19.1 Å². The molecule has 0 spiro atoms. The minimum absolute atomic E-state index is 0.160. The third kappa shape index (κ3) is 3.90. The smallest absolute Gasteiger partial charge is 0.337 e. The number of aromatic carboxylic acids is 1. The topological polar surface area (TPSA) is 67.6 Å². The minimum atomic E-state index is -1.01. The molecule has 0 aliphatic carbocycles. The van der Waals surface area contributed by atoms with Crippen molar-refractivity contribution in [2.24, 2.45) is 0 Å². The summed E-state index contributed by atoms with van der Waals surface area (Å²) in [4.78, 5) is 13.8. The summed E-state index contributed by atoms with van der Waals surface area (Å²) in [6, 6.07) is 13.2. The van der Waals surface area contributed by atoms with Crippen molar-refractivity contribution in [2.45, 2.75) is 40.0 Å². The number of carboxylic acid groups (broad SMARTS) is 1. The Kier molecular flexibility index (Phi) is 5.61. The highest BCUT2D eigenvalue weighted by atomic mass is 16.5. The predicted octanol–water partition coefficient (Wildman–Crippen LogP) is 5.26. The van der Waals surface area contributed by atoms with Crippen molar-refractivity contribution in [3.8, 4) is 11.4 Å². The molecule has 158 valence electrons. The highest BCUT2D eigenvalue weighted by Gasteiger charge is 2.25. The molecular formula is C24H29N3O3. The van der Waals surface area contributed by atoms with E-state index in [1.54, 1.807) is 18.2 Å². The summed E-state index contributed by atoms with van der Waals surface area (Å²) in [6.45, 7) is 10.5. The van der Waals surface area contributed by atoms with Crippen molar-refractivity contribution < 1.29 is 14.6 Å². The number of para-hydroxylation sites is 1. The lowest BCUT2D eigenvalue weighted by Gasteiger charge is -2.23. The second kappa shape index (κ2) is 7.86. The maximum Gasteiger partial charge on any atom is 0.337 e. The van der Waals surface area contributed by atoms with Crippen molar-refractivity contribution in [1.29, 1.82) is 0 Å². The third-order valence-electron chi connectivity index (χ3n) is 5.25. The van der Waals surface area contributed by atoms with Crippen LogP contribution in [0.1, 0.15) is 48.0 Å². The van der Waals surface area contributed by atoms with E-state index in [2.05, 4.69) is 46.8 Å². The molecule has 0 aliphatic heterocycles. The van der Waals surface area contributed by atoms with Gasteiger partial charge in [-0.25, -0.2) is 9.48 Å². The molecule has 0 saturated carbocycles. The van der Waals surface area contributed by atoms with E-state index in [4.69, 9.17) is 9.84 Å². The molecule has 3 rings (SSSR count). The van der Waals surface area contributed by atoms with Crippen LogP contribution >= 0.6 is 0 Å².